The third-order valence-corrected chi connectivity index (χ3v) is 2.76. The van der Waals surface area contributed by atoms with E-state index >= 15 is 0 Å². The monoisotopic (exact) mass is 226 g/mol. The van der Waals surface area contributed by atoms with Crippen LogP contribution in [0.25, 0.3) is 0 Å². The summed E-state index contributed by atoms with van der Waals surface area (Å²) in [7, 11) is 0. The van der Waals surface area contributed by atoms with Gasteiger partial charge in [0.1, 0.15) is 0 Å². The molecule has 1 aromatic rings. The number of carbonyl (C=O) groups is 1. The van der Waals surface area contributed by atoms with Crippen molar-refractivity contribution >= 4 is 17.6 Å². The first-order valence-electron chi connectivity index (χ1n) is 5.02. The lowest BCUT2D eigenvalue weighted by Gasteiger charge is -2.08. The van der Waals surface area contributed by atoms with Crippen molar-refractivity contribution in [3.8, 4) is 0 Å². The van der Waals surface area contributed by atoms with E-state index in [0.29, 0.717) is 12.8 Å². The van der Waals surface area contributed by atoms with Crippen LogP contribution in [0.2, 0.25) is 0 Å². The Bertz CT molecular complexity index is 319. The van der Waals surface area contributed by atoms with Crippen LogP contribution in [0.1, 0.15) is 35.8 Å². The Morgan fingerprint density at radius 1 is 1.40 bits per heavy atom. The van der Waals surface area contributed by atoms with Gasteiger partial charge in [0.2, 0.25) is 0 Å². The van der Waals surface area contributed by atoms with Crippen LogP contribution in [0, 0.1) is 6.92 Å². The van der Waals surface area contributed by atoms with Gasteiger partial charge in [0.15, 0.2) is 0 Å². The molecule has 0 aliphatic carbocycles. The molecule has 0 fully saturated rings. The van der Waals surface area contributed by atoms with Crippen LogP contribution in [0.4, 0.5) is 0 Å². The van der Waals surface area contributed by atoms with Crippen molar-refractivity contribution < 1.29 is 9.90 Å². The van der Waals surface area contributed by atoms with Crippen LogP contribution in [0.5, 0.6) is 0 Å². The molecule has 1 aromatic carbocycles. The molecular formula is C12H15ClO2. The molecule has 0 saturated heterocycles. The largest absolute Gasteiger partial charge is 0.481 e. The number of carboxylic acid groups (broad SMARTS) is 1. The maximum absolute atomic E-state index is 10.3. The van der Waals surface area contributed by atoms with Gasteiger partial charge >= 0.3 is 5.97 Å². The third-order valence-electron chi connectivity index (χ3n) is 2.29. The second-order valence-corrected chi connectivity index (χ2v) is 4.19. The number of rotatable bonds is 5. The van der Waals surface area contributed by atoms with Crippen molar-refractivity contribution in [2.45, 2.75) is 31.6 Å². The van der Waals surface area contributed by atoms with Crippen LogP contribution in [-0.2, 0) is 4.79 Å². The average molecular weight is 227 g/mol. The normalized spacial score (nSPS) is 12.4. The summed E-state index contributed by atoms with van der Waals surface area (Å²) in [6.07, 6.45) is 1.52. The molecule has 1 rings (SSSR count). The predicted molar refractivity (Wildman–Crippen MR) is 61.3 cm³/mol. The maximum atomic E-state index is 10.3. The summed E-state index contributed by atoms with van der Waals surface area (Å²) in [4.78, 5) is 10.3. The van der Waals surface area contributed by atoms with Gasteiger partial charge in [0.05, 0.1) is 5.38 Å². The minimum Gasteiger partial charge on any atom is -0.481 e. The summed E-state index contributed by atoms with van der Waals surface area (Å²) in [6.45, 7) is 2.03. The fourth-order valence-corrected chi connectivity index (χ4v) is 1.67. The van der Waals surface area contributed by atoms with E-state index < -0.39 is 5.97 Å². The highest BCUT2D eigenvalue weighted by Gasteiger charge is 2.08. The zero-order chi connectivity index (χ0) is 11.3. The number of alkyl halides is 1. The minimum absolute atomic E-state index is 0.0788. The summed E-state index contributed by atoms with van der Waals surface area (Å²) in [5.74, 6) is -0.761. The molecule has 82 valence electrons. The van der Waals surface area contributed by atoms with Gasteiger partial charge in [-0.25, -0.2) is 0 Å². The highest BCUT2D eigenvalue weighted by molar-refractivity contribution is 6.20. The molecule has 0 bridgehead atoms. The molecule has 0 heterocycles. The summed E-state index contributed by atoms with van der Waals surface area (Å²) in [5.41, 5.74) is 2.26. The van der Waals surface area contributed by atoms with Crippen LogP contribution in [-0.4, -0.2) is 11.1 Å². The Labute approximate surface area is 94.9 Å². The van der Waals surface area contributed by atoms with Crippen LogP contribution in [0.15, 0.2) is 24.3 Å². The quantitative estimate of drug-likeness (QED) is 0.780. The van der Waals surface area contributed by atoms with Crippen molar-refractivity contribution in [1.29, 1.82) is 0 Å². The van der Waals surface area contributed by atoms with E-state index in [4.69, 9.17) is 16.7 Å². The lowest BCUT2D eigenvalue weighted by Crippen LogP contribution is -1.96. The van der Waals surface area contributed by atoms with E-state index in [9.17, 15) is 4.79 Å². The number of aliphatic carboxylic acids is 1. The zero-order valence-electron chi connectivity index (χ0n) is 8.74. The molecule has 0 aliphatic rings. The van der Waals surface area contributed by atoms with E-state index in [1.807, 2.05) is 31.2 Å². The van der Waals surface area contributed by atoms with Gasteiger partial charge in [-0.15, -0.1) is 11.6 Å². The van der Waals surface area contributed by atoms with Gasteiger partial charge in [-0.2, -0.15) is 0 Å². The standard InChI is InChI=1S/C12H15ClO2/c1-9-5-7-10(8-6-9)11(13)3-2-4-12(14)15/h5-8,11H,2-4H2,1H3,(H,14,15). The van der Waals surface area contributed by atoms with Crippen LogP contribution < -0.4 is 0 Å². The molecule has 0 amide bonds. The number of benzene rings is 1. The molecule has 1 N–H and O–H groups in total. The topological polar surface area (TPSA) is 37.3 Å². The third kappa shape index (κ3) is 4.34. The Balaban J connectivity index is 2.43. The van der Waals surface area contributed by atoms with Gasteiger partial charge in [0.25, 0.3) is 0 Å². The Kier molecular flexibility index (Phi) is 4.63. The number of halogens is 1. The molecule has 1 unspecified atom stereocenters. The first-order valence-corrected chi connectivity index (χ1v) is 5.45. The lowest BCUT2D eigenvalue weighted by molar-refractivity contribution is -0.137. The second kappa shape index (κ2) is 5.76. The first kappa shape index (κ1) is 12.1. The summed E-state index contributed by atoms with van der Waals surface area (Å²) in [6, 6.07) is 8.02. The van der Waals surface area contributed by atoms with E-state index in [1.165, 1.54) is 5.56 Å². The van der Waals surface area contributed by atoms with Crippen molar-refractivity contribution in [1.82, 2.24) is 0 Å². The zero-order valence-corrected chi connectivity index (χ0v) is 9.50. The van der Waals surface area contributed by atoms with Gasteiger partial charge in [-0.3, -0.25) is 4.79 Å². The smallest absolute Gasteiger partial charge is 0.303 e. The first-order chi connectivity index (χ1) is 7.09. The molecule has 0 aliphatic heterocycles. The number of hydrogen-bond donors (Lipinski definition) is 1. The van der Waals surface area contributed by atoms with Crippen molar-refractivity contribution in [3.63, 3.8) is 0 Å². The molecule has 0 radical (unpaired) electrons. The summed E-state index contributed by atoms with van der Waals surface area (Å²) >= 11 is 6.15. The molecule has 0 saturated carbocycles. The molecule has 3 heteroatoms. The van der Waals surface area contributed by atoms with Gasteiger partial charge < -0.3 is 5.11 Å². The van der Waals surface area contributed by atoms with E-state index in [0.717, 1.165) is 5.56 Å². The minimum atomic E-state index is -0.761. The van der Waals surface area contributed by atoms with Gasteiger partial charge in [-0.05, 0) is 25.3 Å². The Morgan fingerprint density at radius 3 is 2.53 bits per heavy atom. The average Bonchev–Trinajstić information content (AvgIpc) is 2.18. The number of hydrogen-bond acceptors (Lipinski definition) is 1. The summed E-state index contributed by atoms with van der Waals surface area (Å²) in [5, 5.41) is 8.41. The SMILES string of the molecule is Cc1ccc(C(Cl)CCCC(=O)O)cc1. The molecule has 0 spiro atoms. The Hall–Kier alpha value is -1.02. The Morgan fingerprint density at radius 2 is 2.00 bits per heavy atom. The highest BCUT2D eigenvalue weighted by atomic mass is 35.5. The van der Waals surface area contributed by atoms with E-state index in [1.54, 1.807) is 0 Å². The van der Waals surface area contributed by atoms with Gasteiger partial charge in [-0.1, -0.05) is 29.8 Å². The molecular weight excluding hydrogens is 212 g/mol. The molecule has 1 atom stereocenters. The predicted octanol–water partition coefficient (Wildman–Crippen LogP) is 3.53. The highest BCUT2D eigenvalue weighted by Crippen LogP contribution is 2.26. The van der Waals surface area contributed by atoms with E-state index in [-0.39, 0.29) is 11.8 Å². The molecule has 0 aromatic heterocycles. The molecule has 2 nitrogen and oxygen atoms in total. The van der Waals surface area contributed by atoms with Crippen LogP contribution in [0.3, 0.4) is 0 Å². The second-order valence-electron chi connectivity index (χ2n) is 3.66. The van der Waals surface area contributed by atoms with Crippen molar-refractivity contribution in [2.75, 3.05) is 0 Å². The fourth-order valence-electron chi connectivity index (χ4n) is 1.37. The maximum Gasteiger partial charge on any atom is 0.303 e. The number of aryl methyl sites for hydroxylation is 1. The van der Waals surface area contributed by atoms with E-state index in [2.05, 4.69) is 0 Å². The van der Waals surface area contributed by atoms with Crippen molar-refractivity contribution in [3.05, 3.63) is 35.4 Å². The lowest BCUT2D eigenvalue weighted by atomic mass is 10.1. The number of carboxylic acids is 1. The summed E-state index contributed by atoms with van der Waals surface area (Å²) < 4.78 is 0. The fraction of sp³-hybridized carbons (Fsp3) is 0.417. The van der Waals surface area contributed by atoms with Crippen LogP contribution >= 0.6 is 11.6 Å². The van der Waals surface area contributed by atoms with Crippen molar-refractivity contribution in [2.24, 2.45) is 0 Å². The molecule has 15 heavy (non-hydrogen) atoms. The van der Waals surface area contributed by atoms with Gasteiger partial charge in [0, 0.05) is 6.42 Å².